The number of ether oxygens (including phenoxy) is 2. The SMILES string of the molecule is COC(=O)c1ccc(NC(=O)N(C)CCc2noc(COc3ccccc3F)n2)cc1. The van der Waals surface area contributed by atoms with Crippen molar-refractivity contribution in [2.45, 2.75) is 13.0 Å². The number of para-hydroxylation sites is 1. The lowest BCUT2D eigenvalue weighted by molar-refractivity contribution is 0.0600. The van der Waals surface area contributed by atoms with Crippen LogP contribution < -0.4 is 10.1 Å². The lowest BCUT2D eigenvalue weighted by Crippen LogP contribution is -2.33. The molecule has 0 unspecified atom stereocenters. The molecule has 2 aromatic carbocycles. The van der Waals surface area contributed by atoms with Gasteiger partial charge in [-0.1, -0.05) is 17.3 Å². The van der Waals surface area contributed by atoms with Gasteiger partial charge < -0.3 is 24.2 Å². The molecule has 0 aliphatic rings. The number of likely N-dealkylation sites (N-methyl/N-ethyl adjacent to an activating group) is 1. The molecule has 0 spiro atoms. The minimum atomic E-state index is -0.477. The van der Waals surface area contributed by atoms with Crippen LogP contribution in [0.25, 0.3) is 0 Å². The summed E-state index contributed by atoms with van der Waals surface area (Å²) in [4.78, 5) is 29.4. The van der Waals surface area contributed by atoms with Crippen molar-refractivity contribution in [3.63, 3.8) is 0 Å². The number of aromatic nitrogens is 2. The van der Waals surface area contributed by atoms with Gasteiger partial charge in [-0.3, -0.25) is 0 Å². The molecule has 0 aliphatic heterocycles. The van der Waals surface area contributed by atoms with Gasteiger partial charge in [0.1, 0.15) is 0 Å². The van der Waals surface area contributed by atoms with Gasteiger partial charge in [0.2, 0.25) is 0 Å². The second kappa shape index (κ2) is 10.2. The highest BCUT2D eigenvalue weighted by molar-refractivity contribution is 5.92. The van der Waals surface area contributed by atoms with Gasteiger partial charge in [-0.05, 0) is 36.4 Å². The Balaban J connectivity index is 1.46. The Kier molecular flexibility index (Phi) is 7.15. The molecule has 0 aliphatic carbocycles. The van der Waals surface area contributed by atoms with E-state index in [1.807, 2.05) is 0 Å². The van der Waals surface area contributed by atoms with Crippen molar-refractivity contribution in [2.75, 3.05) is 26.0 Å². The summed E-state index contributed by atoms with van der Waals surface area (Å²) in [5.74, 6) is -0.230. The Bertz CT molecular complexity index is 1040. The van der Waals surface area contributed by atoms with Crippen molar-refractivity contribution in [3.8, 4) is 5.75 Å². The molecule has 0 radical (unpaired) electrons. The number of esters is 1. The molecule has 0 saturated carbocycles. The van der Waals surface area contributed by atoms with Crippen LogP contribution in [-0.2, 0) is 17.8 Å². The molecule has 0 fully saturated rings. The summed E-state index contributed by atoms with van der Waals surface area (Å²) in [5, 5.41) is 6.56. The Morgan fingerprint density at radius 1 is 1.16 bits per heavy atom. The monoisotopic (exact) mass is 428 g/mol. The number of rotatable bonds is 8. The number of hydrogen-bond acceptors (Lipinski definition) is 7. The molecule has 0 atom stereocenters. The largest absolute Gasteiger partial charge is 0.481 e. The Hall–Kier alpha value is -3.95. The molecule has 0 saturated heterocycles. The molecule has 3 aromatic rings. The molecule has 1 aromatic heterocycles. The Morgan fingerprint density at radius 2 is 1.90 bits per heavy atom. The van der Waals surface area contributed by atoms with Gasteiger partial charge in [0.15, 0.2) is 24.0 Å². The lowest BCUT2D eigenvalue weighted by atomic mass is 10.2. The fraction of sp³-hybridized carbons (Fsp3) is 0.238. The summed E-state index contributed by atoms with van der Waals surface area (Å²) in [6.45, 7) is 0.269. The summed E-state index contributed by atoms with van der Waals surface area (Å²) in [5.41, 5.74) is 0.928. The van der Waals surface area contributed by atoms with E-state index < -0.39 is 11.8 Å². The lowest BCUT2D eigenvalue weighted by Gasteiger charge is -2.17. The summed E-state index contributed by atoms with van der Waals surface area (Å²) in [6, 6.07) is 12.0. The average molecular weight is 428 g/mol. The summed E-state index contributed by atoms with van der Waals surface area (Å²) < 4.78 is 28.6. The van der Waals surface area contributed by atoms with Gasteiger partial charge in [-0.2, -0.15) is 4.98 Å². The number of hydrogen-bond donors (Lipinski definition) is 1. The highest BCUT2D eigenvalue weighted by atomic mass is 19.1. The Morgan fingerprint density at radius 3 is 2.61 bits per heavy atom. The highest BCUT2D eigenvalue weighted by Gasteiger charge is 2.13. The van der Waals surface area contributed by atoms with Gasteiger partial charge in [-0.25, -0.2) is 14.0 Å². The van der Waals surface area contributed by atoms with Crippen molar-refractivity contribution in [2.24, 2.45) is 0 Å². The van der Waals surface area contributed by atoms with E-state index in [9.17, 15) is 14.0 Å². The minimum Gasteiger partial charge on any atom is -0.481 e. The van der Waals surface area contributed by atoms with Crippen LogP contribution in [0.2, 0.25) is 0 Å². The molecule has 1 N–H and O–H groups in total. The van der Waals surface area contributed by atoms with Gasteiger partial charge in [0, 0.05) is 25.7 Å². The summed E-state index contributed by atoms with van der Waals surface area (Å²) in [6.07, 6.45) is 0.356. The number of carbonyl (C=O) groups is 2. The minimum absolute atomic E-state index is 0.0637. The molecule has 1 heterocycles. The standard InChI is InChI=1S/C21H21FN4O5/c1-26(21(28)23-15-9-7-14(8-10-15)20(27)29-2)12-11-18-24-19(31-25-18)13-30-17-6-4-3-5-16(17)22/h3-10H,11-13H2,1-2H3,(H,23,28). The number of methoxy groups -OCH3 is 1. The van der Waals surface area contributed by atoms with Crippen LogP contribution >= 0.6 is 0 Å². The summed E-state index contributed by atoms with van der Waals surface area (Å²) in [7, 11) is 2.93. The van der Waals surface area contributed by atoms with Crippen LogP contribution in [0.1, 0.15) is 22.1 Å². The topological polar surface area (TPSA) is 107 Å². The van der Waals surface area contributed by atoms with Crippen LogP contribution in [0.3, 0.4) is 0 Å². The number of carbonyl (C=O) groups excluding carboxylic acids is 2. The molecule has 10 heteroatoms. The average Bonchev–Trinajstić information content (AvgIpc) is 3.24. The molecule has 2 amide bonds. The molecule has 0 bridgehead atoms. The van der Waals surface area contributed by atoms with Gasteiger partial charge in [0.05, 0.1) is 12.7 Å². The fourth-order valence-corrected chi connectivity index (χ4v) is 2.55. The van der Waals surface area contributed by atoms with E-state index in [-0.39, 0.29) is 24.3 Å². The smallest absolute Gasteiger partial charge is 0.337 e. The van der Waals surface area contributed by atoms with E-state index in [0.717, 1.165) is 0 Å². The fourth-order valence-electron chi connectivity index (χ4n) is 2.55. The van der Waals surface area contributed by atoms with Crippen LogP contribution in [-0.4, -0.2) is 47.7 Å². The van der Waals surface area contributed by atoms with Gasteiger partial charge in [-0.15, -0.1) is 0 Å². The maximum atomic E-state index is 13.6. The number of nitrogens with zero attached hydrogens (tertiary/aromatic N) is 3. The van der Waals surface area contributed by atoms with Crippen molar-refractivity contribution < 1.29 is 28.0 Å². The van der Waals surface area contributed by atoms with Gasteiger partial charge in [0.25, 0.3) is 5.89 Å². The second-order valence-corrected chi connectivity index (χ2v) is 6.49. The Labute approximate surface area is 177 Å². The zero-order valence-electron chi connectivity index (χ0n) is 17.0. The first kappa shape index (κ1) is 21.8. The van der Waals surface area contributed by atoms with Crippen LogP contribution in [0.4, 0.5) is 14.9 Å². The zero-order valence-corrected chi connectivity index (χ0v) is 17.0. The first-order valence-electron chi connectivity index (χ1n) is 9.35. The molecular weight excluding hydrogens is 407 g/mol. The van der Waals surface area contributed by atoms with E-state index >= 15 is 0 Å². The van der Waals surface area contributed by atoms with Crippen LogP contribution in [0.15, 0.2) is 53.1 Å². The third kappa shape index (κ3) is 6.01. The van der Waals surface area contributed by atoms with E-state index in [1.165, 1.54) is 24.1 Å². The third-order valence-corrected chi connectivity index (χ3v) is 4.27. The predicted octanol–water partition coefficient (Wildman–Crippen LogP) is 3.28. The van der Waals surface area contributed by atoms with E-state index in [4.69, 9.17) is 9.26 Å². The maximum Gasteiger partial charge on any atom is 0.337 e. The van der Waals surface area contributed by atoms with Crippen molar-refractivity contribution in [3.05, 3.63) is 71.6 Å². The number of nitrogens with one attached hydrogen (secondary N) is 1. The van der Waals surface area contributed by atoms with Gasteiger partial charge >= 0.3 is 12.0 Å². The quantitative estimate of drug-likeness (QED) is 0.549. The number of benzene rings is 2. The molecular formula is C21H21FN4O5. The van der Waals surface area contributed by atoms with Crippen LogP contribution in [0.5, 0.6) is 5.75 Å². The normalized spacial score (nSPS) is 10.4. The second-order valence-electron chi connectivity index (χ2n) is 6.49. The van der Waals surface area contributed by atoms with Crippen LogP contribution in [0, 0.1) is 5.82 Å². The summed E-state index contributed by atoms with van der Waals surface area (Å²) >= 11 is 0. The molecule has 9 nitrogen and oxygen atoms in total. The third-order valence-electron chi connectivity index (χ3n) is 4.27. The highest BCUT2D eigenvalue weighted by Crippen LogP contribution is 2.17. The number of halogens is 1. The first-order chi connectivity index (χ1) is 15.0. The zero-order chi connectivity index (χ0) is 22.2. The molecule has 3 rings (SSSR count). The van der Waals surface area contributed by atoms with Crippen molar-refractivity contribution in [1.82, 2.24) is 15.0 Å². The number of urea groups is 1. The number of anilines is 1. The van der Waals surface area contributed by atoms with E-state index in [0.29, 0.717) is 30.0 Å². The van der Waals surface area contributed by atoms with Crippen molar-refractivity contribution >= 4 is 17.7 Å². The predicted molar refractivity (Wildman–Crippen MR) is 108 cm³/mol. The van der Waals surface area contributed by atoms with E-state index in [2.05, 4.69) is 20.2 Å². The molecule has 31 heavy (non-hydrogen) atoms. The maximum absolute atomic E-state index is 13.6. The van der Waals surface area contributed by atoms with Crippen molar-refractivity contribution in [1.29, 1.82) is 0 Å². The number of amides is 2. The molecule has 162 valence electrons. The first-order valence-corrected chi connectivity index (χ1v) is 9.35. The van der Waals surface area contributed by atoms with E-state index in [1.54, 1.807) is 43.4 Å².